The maximum Gasteiger partial charge on any atom is 0.316 e. The summed E-state index contributed by atoms with van der Waals surface area (Å²) in [6, 6.07) is 3.19. The van der Waals surface area contributed by atoms with E-state index in [0.29, 0.717) is 10.2 Å². The van der Waals surface area contributed by atoms with E-state index in [4.69, 9.17) is 10.9 Å². The van der Waals surface area contributed by atoms with Crippen molar-refractivity contribution < 1.29 is 13.2 Å². The van der Waals surface area contributed by atoms with Crippen LogP contribution in [-0.4, -0.2) is 14.4 Å². The number of carbonyl (C=O) groups is 1. The molecule has 0 unspecified atom stereocenters. The maximum atomic E-state index is 11.0. The molecule has 2 amide bonds. The predicted molar refractivity (Wildman–Crippen MR) is 58.7 cm³/mol. The number of hydrogen-bond donors (Lipinski definition) is 3. The van der Waals surface area contributed by atoms with E-state index < -0.39 is 16.1 Å². The van der Waals surface area contributed by atoms with E-state index in [9.17, 15) is 13.2 Å². The number of primary amides is 1. The quantitative estimate of drug-likeness (QED) is 0.741. The van der Waals surface area contributed by atoms with Gasteiger partial charge in [-0.15, -0.1) is 0 Å². The molecule has 0 saturated carbocycles. The third-order valence-electron chi connectivity index (χ3n) is 1.53. The number of carbonyl (C=O) groups excluding carboxylic acids is 1. The Labute approximate surface area is 94.8 Å². The summed E-state index contributed by atoms with van der Waals surface area (Å²) in [4.78, 5) is 10.5. The predicted octanol–water partition coefficient (Wildman–Crippen LogP) is 0.587. The first-order valence-electron chi connectivity index (χ1n) is 3.69. The second-order valence-corrected chi connectivity index (χ2v) is 5.09. The molecule has 0 fully saturated rings. The van der Waals surface area contributed by atoms with Gasteiger partial charge >= 0.3 is 6.03 Å². The maximum absolute atomic E-state index is 11.0. The topological polar surface area (TPSA) is 115 Å². The summed E-state index contributed by atoms with van der Waals surface area (Å²) in [6.45, 7) is 0. The number of nitrogens with two attached hydrogens (primary N) is 2. The highest BCUT2D eigenvalue weighted by Crippen LogP contribution is 2.24. The number of halogens is 1. The first-order valence-corrected chi connectivity index (χ1v) is 6.03. The molecule has 0 aliphatic rings. The Morgan fingerprint density at radius 2 is 2.00 bits per heavy atom. The molecule has 1 aromatic rings. The summed E-state index contributed by atoms with van der Waals surface area (Å²) in [6.07, 6.45) is 0. The van der Waals surface area contributed by atoms with E-state index in [0.717, 1.165) is 0 Å². The fourth-order valence-electron chi connectivity index (χ4n) is 0.907. The number of urea groups is 1. The van der Waals surface area contributed by atoms with Crippen molar-refractivity contribution in [2.24, 2.45) is 10.9 Å². The number of anilines is 1. The second kappa shape index (κ2) is 4.17. The van der Waals surface area contributed by atoms with Gasteiger partial charge in [-0.3, -0.25) is 0 Å². The summed E-state index contributed by atoms with van der Waals surface area (Å²) in [5.41, 5.74) is 5.27. The van der Waals surface area contributed by atoms with Gasteiger partial charge in [0.2, 0.25) is 10.0 Å². The minimum absolute atomic E-state index is 0.0515. The summed E-state index contributed by atoms with van der Waals surface area (Å²) < 4.78 is 22.3. The van der Waals surface area contributed by atoms with Crippen molar-refractivity contribution in [2.75, 3.05) is 5.32 Å². The average molecular weight is 294 g/mol. The molecular weight excluding hydrogens is 286 g/mol. The highest BCUT2D eigenvalue weighted by molar-refractivity contribution is 9.10. The Morgan fingerprint density at radius 3 is 2.40 bits per heavy atom. The van der Waals surface area contributed by atoms with Gasteiger partial charge in [-0.2, -0.15) is 0 Å². The number of benzene rings is 1. The minimum atomic E-state index is -3.74. The zero-order chi connectivity index (χ0) is 11.6. The smallest absolute Gasteiger partial charge is 0.316 e. The van der Waals surface area contributed by atoms with Crippen LogP contribution in [0.4, 0.5) is 10.5 Å². The summed E-state index contributed by atoms with van der Waals surface area (Å²) in [7, 11) is -3.74. The fraction of sp³-hybridized carbons (Fsp3) is 0. The lowest BCUT2D eigenvalue weighted by atomic mass is 10.3. The summed E-state index contributed by atoms with van der Waals surface area (Å²) in [5.74, 6) is 0. The molecule has 0 spiro atoms. The molecule has 0 aliphatic carbocycles. The van der Waals surface area contributed by atoms with Crippen LogP contribution in [0.15, 0.2) is 27.6 Å². The minimum Gasteiger partial charge on any atom is -0.351 e. The van der Waals surface area contributed by atoms with E-state index >= 15 is 0 Å². The number of primary sulfonamides is 1. The van der Waals surface area contributed by atoms with Crippen LogP contribution in [0.25, 0.3) is 0 Å². The Kier molecular flexibility index (Phi) is 3.32. The van der Waals surface area contributed by atoms with E-state index in [-0.39, 0.29) is 4.90 Å². The van der Waals surface area contributed by atoms with Crippen LogP contribution in [-0.2, 0) is 10.0 Å². The lowest BCUT2D eigenvalue weighted by Gasteiger charge is -2.05. The number of sulfonamides is 1. The van der Waals surface area contributed by atoms with Crippen LogP contribution in [0, 0.1) is 0 Å². The van der Waals surface area contributed by atoms with Gasteiger partial charge in [-0.25, -0.2) is 18.4 Å². The van der Waals surface area contributed by atoms with Crippen LogP contribution in [0.5, 0.6) is 0 Å². The third-order valence-corrected chi connectivity index (χ3v) is 3.09. The lowest BCUT2D eigenvalue weighted by Crippen LogP contribution is -2.19. The lowest BCUT2D eigenvalue weighted by molar-refractivity contribution is 0.259. The van der Waals surface area contributed by atoms with Crippen molar-refractivity contribution in [1.82, 2.24) is 0 Å². The molecule has 0 bridgehead atoms. The second-order valence-electron chi connectivity index (χ2n) is 2.68. The van der Waals surface area contributed by atoms with E-state index in [1.807, 2.05) is 0 Å². The van der Waals surface area contributed by atoms with Crippen molar-refractivity contribution >= 4 is 37.7 Å². The highest BCUT2D eigenvalue weighted by Gasteiger charge is 2.10. The van der Waals surface area contributed by atoms with Gasteiger partial charge in [0.05, 0.1) is 10.6 Å². The van der Waals surface area contributed by atoms with Crippen molar-refractivity contribution in [1.29, 1.82) is 0 Å². The molecule has 82 valence electrons. The zero-order valence-electron chi connectivity index (χ0n) is 7.40. The average Bonchev–Trinajstić information content (AvgIpc) is 2.05. The van der Waals surface area contributed by atoms with Gasteiger partial charge < -0.3 is 11.1 Å². The van der Waals surface area contributed by atoms with E-state index in [2.05, 4.69) is 21.2 Å². The van der Waals surface area contributed by atoms with Crippen LogP contribution in [0.1, 0.15) is 0 Å². The van der Waals surface area contributed by atoms with Gasteiger partial charge in [0.15, 0.2) is 0 Å². The largest absolute Gasteiger partial charge is 0.351 e. The van der Waals surface area contributed by atoms with Crippen LogP contribution in [0.2, 0.25) is 0 Å². The third kappa shape index (κ3) is 3.18. The first kappa shape index (κ1) is 12.0. The van der Waals surface area contributed by atoms with Crippen molar-refractivity contribution in [3.63, 3.8) is 0 Å². The molecule has 15 heavy (non-hydrogen) atoms. The number of amides is 2. The molecule has 0 saturated heterocycles. The number of rotatable bonds is 2. The fourth-order valence-corrected chi connectivity index (χ4v) is 2.08. The Balaban J connectivity index is 3.15. The monoisotopic (exact) mass is 293 g/mol. The molecule has 6 nitrogen and oxygen atoms in total. The Morgan fingerprint density at radius 1 is 1.40 bits per heavy atom. The van der Waals surface area contributed by atoms with Crippen LogP contribution >= 0.6 is 15.9 Å². The molecular formula is C7H8BrN3O3S. The Bertz CT molecular complexity index is 500. The van der Waals surface area contributed by atoms with Gasteiger partial charge in [0, 0.05) is 4.47 Å². The highest BCUT2D eigenvalue weighted by atomic mass is 79.9. The van der Waals surface area contributed by atoms with E-state index in [1.165, 1.54) is 18.2 Å². The van der Waals surface area contributed by atoms with Crippen LogP contribution in [0.3, 0.4) is 0 Å². The number of nitrogens with one attached hydrogen (secondary N) is 1. The molecule has 8 heteroatoms. The standard InChI is InChI=1S/C7H8BrN3O3S/c8-5-3-4(15(10,13)14)1-2-6(5)11-7(9)12/h1-3H,(H3,9,11,12)(H2,10,13,14). The zero-order valence-corrected chi connectivity index (χ0v) is 9.80. The van der Waals surface area contributed by atoms with Gasteiger partial charge in [0.25, 0.3) is 0 Å². The molecule has 0 heterocycles. The SMILES string of the molecule is NC(=O)Nc1ccc(S(N)(=O)=O)cc1Br. The van der Waals surface area contributed by atoms with Gasteiger partial charge in [0.1, 0.15) is 0 Å². The van der Waals surface area contributed by atoms with Crippen LogP contribution < -0.4 is 16.2 Å². The molecule has 0 aromatic heterocycles. The molecule has 1 rings (SSSR count). The van der Waals surface area contributed by atoms with Gasteiger partial charge in [-0.1, -0.05) is 0 Å². The van der Waals surface area contributed by atoms with Crippen molar-refractivity contribution in [2.45, 2.75) is 4.90 Å². The molecule has 1 aromatic carbocycles. The number of hydrogen-bond acceptors (Lipinski definition) is 3. The molecule has 5 N–H and O–H groups in total. The van der Waals surface area contributed by atoms with E-state index in [1.54, 1.807) is 0 Å². The van der Waals surface area contributed by atoms with Crippen molar-refractivity contribution in [3.05, 3.63) is 22.7 Å². The summed E-state index contributed by atoms with van der Waals surface area (Å²) >= 11 is 3.08. The normalized spacial score (nSPS) is 11.1. The molecule has 0 radical (unpaired) electrons. The summed E-state index contributed by atoms with van der Waals surface area (Å²) in [5, 5.41) is 7.22. The molecule has 0 aliphatic heterocycles. The molecule has 0 atom stereocenters. The first-order chi connectivity index (χ1) is 6.80. The van der Waals surface area contributed by atoms with Crippen molar-refractivity contribution in [3.8, 4) is 0 Å². The van der Waals surface area contributed by atoms with Gasteiger partial charge in [-0.05, 0) is 34.1 Å². The Hall–Kier alpha value is -1.12.